The van der Waals surface area contributed by atoms with Crippen molar-refractivity contribution in [2.75, 3.05) is 13.1 Å². The molecule has 1 heterocycles. The molecule has 0 aromatic heterocycles. The first-order valence-corrected chi connectivity index (χ1v) is 5.92. The van der Waals surface area contributed by atoms with Gasteiger partial charge in [0.15, 0.2) is 0 Å². The van der Waals surface area contributed by atoms with Crippen molar-refractivity contribution in [2.24, 2.45) is 5.73 Å². The van der Waals surface area contributed by atoms with Gasteiger partial charge in [0.2, 0.25) is 0 Å². The Labute approximate surface area is 96.2 Å². The van der Waals surface area contributed by atoms with Crippen molar-refractivity contribution in [3.05, 3.63) is 35.6 Å². The van der Waals surface area contributed by atoms with E-state index in [-0.39, 0.29) is 5.82 Å². The molecule has 0 amide bonds. The summed E-state index contributed by atoms with van der Waals surface area (Å²) in [6.07, 6.45) is 2.12. The van der Waals surface area contributed by atoms with E-state index in [1.165, 1.54) is 17.7 Å². The summed E-state index contributed by atoms with van der Waals surface area (Å²) in [5, 5.41) is 0. The number of likely N-dealkylation sites (tertiary alicyclic amines) is 1. The second-order valence-corrected chi connectivity index (χ2v) is 4.60. The van der Waals surface area contributed by atoms with Crippen LogP contribution >= 0.6 is 0 Å². The minimum atomic E-state index is -0.170. The summed E-state index contributed by atoms with van der Waals surface area (Å²) >= 11 is 0. The second kappa shape index (κ2) is 4.93. The van der Waals surface area contributed by atoms with E-state index in [0.29, 0.717) is 12.1 Å². The number of hydrogen-bond donors (Lipinski definition) is 1. The molecule has 2 rings (SSSR count). The summed E-state index contributed by atoms with van der Waals surface area (Å²) in [6.45, 7) is 4.25. The lowest BCUT2D eigenvalue weighted by atomic mass is 10.0. The van der Waals surface area contributed by atoms with E-state index < -0.39 is 0 Å². The van der Waals surface area contributed by atoms with Crippen LogP contribution in [0, 0.1) is 5.82 Å². The number of rotatable bonds is 2. The fourth-order valence-electron chi connectivity index (χ4n) is 2.26. The maximum Gasteiger partial charge on any atom is 0.123 e. The average molecular weight is 222 g/mol. The lowest BCUT2D eigenvalue weighted by Gasteiger charge is -2.35. The lowest BCUT2D eigenvalue weighted by Crippen LogP contribution is -2.40. The van der Waals surface area contributed by atoms with Gasteiger partial charge in [0.05, 0.1) is 0 Å². The Morgan fingerprint density at radius 2 is 1.81 bits per heavy atom. The topological polar surface area (TPSA) is 29.3 Å². The summed E-state index contributed by atoms with van der Waals surface area (Å²) in [4.78, 5) is 2.41. The van der Waals surface area contributed by atoms with Gasteiger partial charge in [-0.3, -0.25) is 4.90 Å². The van der Waals surface area contributed by atoms with Crippen LogP contribution < -0.4 is 5.73 Å². The van der Waals surface area contributed by atoms with Crippen molar-refractivity contribution in [3.63, 3.8) is 0 Å². The van der Waals surface area contributed by atoms with Crippen LogP contribution in [-0.2, 0) is 0 Å². The maximum absolute atomic E-state index is 12.8. The fourth-order valence-corrected chi connectivity index (χ4v) is 2.26. The SMILES string of the molecule is CC(c1ccc(F)cc1)N1CCC(N)CC1. The molecule has 2 N–H and O–H groups in total. The van der Waals surface area contributed by atoms with E-state index in [4.69, 9.17) is 5.73 Å². The van der Waals surface area contributed by atoms with Crippen molar-refractivity contribution in [3.8, 4) is 0 Å². The van der Waals surface area contributed by atoms with E-state index in [0.717, 1.165) is 25.9 Å². The average Bonchev–Trinajstić information content (AvgIpc) is 2.30. The Hall–Kier alpha value is -0.930. The molecule has 1 fully saturated rings. The van der Waals surface area contributed by atoms with Crippen LogP contribution in [0.3, 0.4) is 0 Å². The van der Waals surface area contributed by atoms with Crippen molar-refractivity contribution in [1.82, 2.24) is 4.90 Å². The molecule has 0 saturated carbocycles. The third-order valence-electron chi connectivity index (χ3n) is 3.47. The van der Waals surface area contributed by atoms with Crippen LogP contribution in [0.25, 0.3) is 0 Å². The minimum absolute atomic E-state index is 0.170. The third kappa shape index (κ3) is 2.60. The summed E-state index contributed by atoms with van der Waals surface area (Å²) in [5.74, 6) is -0.170. The van der Waals surface area contributed by atoms with Crippen molar-refractivity contribution in [1.29, 1.82) is 0 Å². The molecular formula is C13H19FN2. The van der Waals surface area contributed by atoms with Crippen LogP contribution in [-0.4, -0.2) is 24.0 Å². The van der Waals surface area contributed by atoms with Gasteiger partial charge in [-0.05, 0) is 37.5 Å². The molecule has 1 aromatic rings. The van der Waals surface area contributed by atoms with Crippen LogP contribution in [0.5, 0.6) is 0 Å². The summed E-state index contributed by atoms with van der Waals surface area (Å²) in [5.41, 5.74) is 7.06. The van der Waals surface area contributed by atoms with E-state index in [2.05, 4.69) is 11.8 Å². The highest BCUT2D eigenvalue weighted by Crippen LogP contribution is 2.23. The smallest absolute Gasteiger partial charge is 0.123 e. The third-order valence-corrected chi connectivity index (χ3v) is 3.47. The monoisotopic (exact) mass is 222 g/mol. The summed E-state index contributed by atoms with van der Waals surface area (Å²) in [6, 6.07) is 7.51. The first kappa shape index (κ1) is 11.6. The van der Waals surface area contributed by atoms with Gasteiger partial charge in [0, 0.05) is 25.2 Å². The van der Waals surface area contributed by atoms with Gasteiger partial charge in [-0.15, -0.1) is 0 Å². The molecule has 88 valence electrons. The Balaban J connectivity index is 2.01. The number of piperidine rings is 1. The molecule has 0 spiro atoms. The summed E-state index contributed by atoms with van der Waals surface area (Å²) in [7, 11) is 0. The molecule has 16 heavy (non-hydrogen) atoms. The van der Waals surface area contributed by atoms with Crippen molar-refractivity contribution >= 4 is 0 Å². The molecule has 1 aliphatic rings. The minimum Gasteiger partial charge on any atom is -0.328 e. The number of hydrogen-bond acceptors (Lipinski definition) is 2. The van der Waals surface area contributed by atoms with Crippen molar-refractivity contribution < 1.29 is 4.39 Å². The first-order chi connectivity index (χ1) is 7.66. The van der Waals surface area contributed by atoms with E-state index in [1.807, 2.05) is 12.1 Å². The Morgan fingerprint density at radius 1 is 1.25 bits per heavy atom. The van der Waals surface area contributed by atoms with Crippen LogP contribution in [0.15, 0.2) is 24.3 Å². The molecule has 1 aromatic carbocycles. The zero-order valence-electron chi connectivity index (χ0n) is 9.70. The Kier molecular flexibility index (Phi) is 3.56. The number of nitrogens with two attached hydrogens (primary N) is 1. The van der Waals surface area contributed by atoms with Gasteiger partial charge in [0.1, 0.15) is 5.82 Å². The number of nitrogens with zero attached hydrogens (tertiary/aromatic N) is 1. The highest BCUT2D eigenvalue weighted by Gasteiger charge is 2.21. The molecule has 2 nitrogen and oxygen atoms in total. The van der Waals surface area contributed by atoms with Gasteiger partial charge in [-0.25, -0.2) is 4.39 Å². The zero-order chi connectivity index (χ0) is 11.5. The largest absolute Gasteiger partial charge is 0.328 e. The fraction of sp³-hybridized carbons (Fsp3) is 0.538. The first-order valence-electron chi connectivity index (χ1n) is 5.92. The van der Waals surface area contributed by atoms with Gasteiger partial charge < -0.3 is 5.73 Å². The molecule has 0 bridgehead atoms. The second-order valence-electron chi connectivity index (χ2n) is 4.60. The molecule has 3 heteroatoms. The molecule has 1 atom stereocenters. The number of halogens is 1. The molecule has 1 saturated heterocycles. The molecule has 1 unspecified atom stereocenters. The van der Waals surface area contributed by atoms with Gasteiger partial charge >= 0.3 is 0 Å². The predicted molar refractivity (Wildman–Crippen MR) is 63.6 cm³/mol. The highest BCUT2D eigenvalue weighted by atomic mass is 19.1. The zero-order valence-corrected chi connectivity index (χ0v) is 9.70. The predicted octanol–water partition coefficient (Wildman–Crippen LogP) is 2.31. The summed E-state index contributed by atoms with van der Waals surface area (Å²) < 4.78 is 12.8. The van der Waals surface area contributed by atoms with Crippen LogP contribution in [0.2, 0.25) is 0 Å². The van der Waals surface area contributed by atoms with Gasteiger partial charge in [-0.1, -0.05) is 12.1 Å². The normalized spacial score (nSPS) is 20.9. The Morgan fingerprint density at radius 3 is 2.38 bits per heavy atom. The lowest BCUT2D eigenvalue weighted by molar-refractivity contribution is 0.163. The van der Waals surface area contributed by atoms with E-state index >= 15 is 0 Å². The van der Waals surface area contributed by atoms with Crippen molar-refractivity contribution in [2.45, 2.75) is 31.8 Å². The molecular weight excluding hydrogens is 203 g/mol. The van der Waals surface area contributed by atoms with E-state index in [1.54, 1.807) is 0 Å². The molecule has 0 radical (unpaired) electrons. The molecule has 0 aliphatic carbocycles. The highest BCUT2D eigenvalue weighted by molar-refractivity contribution is 5.19. The standard InChI is InChI=1S/C13H19FN2/c1-10(11-2-4-12(14)5-3-11)16-8-6-13(15)7-9-16/h2-5,10,13H,6-9,15H2,1H3. The molecule has 1 aliphatic heterocycles. The van der Waals surface area contributed by atoms with Gasteiger partial charge in [-0.2, -0.15) is 0 Å². The van der Waals surface area contributed by atoms with Crippen LogP contribution in [0.1, 0.15) is 31.4 Å². The Bertz CT molecular complexity index is 328. The van der Waals surface area contributed by atoms with Crippen LogP contribution in [0.4, 0.5) is 4.39 Å². The number of benzene rings is 1. The maximum atomic E-state index is 12.8. The van der Waals surface area contributed by atoms with Gasteiger partial charge in [0.25, 0.3) is 0 Å². The van der Waals surface area contributed by atoms with E-state index in [9.17, 15) is 4.39 Å². The quantitative estimate of drug-likeness (QED) is 0.832.